The molecule has 1 N–H and O–H groups in total. The highest BCUT2D eigenvalue weighted by molar-refractivity contribution is 5.93. The van der Waals surface area contributed by atoms with Crippen LogP contribution in [-0.2, 0) is 14.3 Å². The summed E-state index contributed by atoms with van der Waals surface area (Å²) in [6, 6.07) is 7.20. The molecular weight excluding hydrogens is 375 g/mol. The third-order valence-corrected chi connectivity index (χ3v) is 3.90. The van der Waals surface area contributed by atoms with Gasteiger partial charge < -0.3 is 14.8 Å². The number of halogens is 3. The maximum absolute atomic E-state index is 13.5. The van der Waals surface area contributed by atoms with E-state index >= 15 is 0 Å². The zero-order valence-electron chi connectivity index (χ0n) is 15.6. The lowest BCUT2D eigenvalue weighted by Gasteiger charge is -2.12. The zero-order chi connectivity index (χ0) is 20.8. The Bertz CT molecular complexity index is 884. The molecule has 0 aromatic heterocycles. The summed E-state index contributed by atoms with van der Waals surface area (Å²) in [4.78, 5) is 23.5. The topological polar surface area (TPSA) is 64.6 Å². The second-order valence-electron chi connectivity index (χ2n) is 6.40. The van der Waals surface area contributed by atoms with E-state index in [-0.39, 0.29) is 5.92 Å². The number of rotatable bonds is 7. The summed E-state index contributed by atoms with van der Waals surface area (Å²) in [6.07, 6.45) is 0. The van der Waals surface area contributed by atoms with Crippen molar-refractivity contribution in [2.45, 2.75) is 26.7 Å². The number of aryl methyl sites for hydroxylation is 1. The quantitative estimate of drug-likeness (QED) is 0.566. The number of hydrogen-bond acceptors (Lipinski definition) is 4. The lowest BCUT2D eigenvalue weighted by molar-refractivity contribution is -0.149. The smallest absolute Gasteiger partial charge is 0.344 e. The highest BCUT2D eigenvalue weighted by atomic mass is 19.2. The number of nitrogens with one attached hydrogen (secondary N) is 1. The lowest BCUT2D eigenvalue weighted by atomic mass is 10.0. The summed E-state index contributed by atoms with van der Waals surface area (Å²) < 4.78 is 49.7. The number of esters is 1. The molecule has 0 aliphatic rings. The molecule has 0 aliphatic carbocycles. The maximum atomic E-state index is 13.5. The van der Waals surface area contributed by atoms with Gasteiger partial charge in [-0.1, -0.05) is 26.0 Å². The Balaban J connectivity index is 1.85. The molecule has 0 atom stereocenters. The van der Waals surface area contributed by atoms with E-state index in [0.29, 0.717) is 11.8 Å². The van der Waals surface area contributed by atoms with Crippen LogP contribution in [0.3, 0.4) is 0 Å². The molecule has 2 aromatic carbocycles. The van der Waals surface area contributed by atoms with Crippen molar-refractivity contribution in [1.29, 1.82) is 0 Å². The Kier molecular flexibility index (Phi) is 7.03. The van der Waals surface area contributed by atoms with E-state index in [9.17, 15) is 22.8 Å². The summed E-state index contributed by atoms with van der Waals surface area (Å²) in [7, 11) is 0. The van der Waals surface area contributed by atoms with Gasteiger partial charge in [-0.3, -0.25) is 4.79 Å². The van der Waals surface area contributed by atoms with Gasteiger partial charge >= 0.3 is 5.97 Å². The third kappa shape index (κ3) is 5.48. The number of hydrogen-bond donors (Lipinski definition) is 1. The molecule has 0 saturated carbocycles. The molecule has 5 nitrogen and oxygen atoms in total. The van der Waals surface area contributed by atoms with Crippen LogP contribution in [0.5, 0.6) is 5.75 Å². The molecular formula is C20H20F3NO4. The van der Waals surface area contributed by atoms with Gasteiger partial charge in [0.2, 0.25) is 0 Å². The van der Waals surface area contributed by atoms with Crippen molar-refractivity contribution in [2.24, 2.45) is 0 Å². The van der Waals surface area contributed by atoms with Crippen LogP contribution >= 0.6 is 0 Å². The van der Waals surface area contributed by atoms with Crippen LogP contribution in [0.15, 0.2) is 30.3 Å². The van der Waals surface area contributed by atoms with Crippen molar-refractivity contribution in [3.63, 3.8) is 0 Å². The summed E-state index contributed by atoms with van der Waals surface area (Å²) in [5.41, 5.74) is 1.32. The fraction of sp³-hybridized carbons (Fsp3) is 0.300. The Morgan fingerprint density at radius 2 is 1.75 bits per heavy atom. The molecule has 2 rings (SSSR count). The summed E-state index contributed by atoms with van der Waals surface area (Å²) in [5, 5.41) is 2.00. The first-order chi connectivity index (χ1) is 13.2. The number of anilines is 1. The van der Waals surface area contributed by atoms with Crippen LogP contribution in [0.2, 0.25) is 0 Å². The van der Waals surface area contributed by atoms with Gasteiger partial charge in [-0.2, -0.15) is 0 Å². The van der Waals surface area contributed by atoms with Crippen LogP contribution in [0.25, 0.3) is 0 Å². The minimum atomic E-state index is -1.71. The highest BCUT2D eigenvalue weighted by Gasteiger charge is 2.16. The maximum Gasteiger partial charge on any atom is 0.344 e. The Morgan fingerprint density at radius 1 is 1.04 bits per heavy atom. The van der Waals surface area contributed by atoms with Gasteiger partial charge in [-0.05, 0) is 42.2 Å². The molecule has 0 spiro atoms. The van der Waals surface area contributed by atoms with E-state index in [1.54, 1.807) is 0 Å². The molecule has 1 amide bonds. The molecule has 0 radical (unpaired) electrons. The van der Waals surface area contributed by atoms with Crippen LogP contribution in [0.4, 0.5) is 18.9 Å². The molecule has 0 aliphatic heterocycles. The van der Waals surface area contributed by atoms with Gasteiger partial charge in [0.05, 0.1) is 5.69 Å². The van der Waals surface area contributed by atoms with Crippen molar-refractivity contribution in [2.75, 3.05) is 18.5 Å². The normalized spacial score (nSPS) is 10.7. The lowest BCUT2D eigenvalue weighted by Crippen LogP contribution is -2.24. The van der Waals surface area contributed by atoms with Gasteiger partial charge in [0.15, 0.2) is 30.7 Å². The molecule has 150 valence electrons. The largest absolute Gasteiger partial charge is 0.482 e. The SMILES string of the molecule is Cc1ccc(C(C)C)cc1OCC(=O)OCC(=O)Nc1ccc(F)c(F)c1F. The van der Waals surface area contributed by atoms with E-state index in [1.807, 2.05) is 44.3 Å². The fourth-order valence-corrected chi connectivity index (χ4v) is 2.26. The first kappa shape index (κ1) is 21.3. The fourth-order valence-electron chi connectivity index (χ4n) is 2.26. The van der Waals surface area contributed by atoms with Crippen LogP contribution in [-0.4, -0.2) is 25.1 Å². The summed E-state index contributed by atoms with van der Waals surface area (Å²) in [5.74, 6) is -5.53. The van der Waals surface area contributed by atoms with Crippen molar-refractivity contribution >= 4 is 17.6 Å². The highest BCUT2D eigenvalue weighted by Crippen LogP contribution is 2.24. The second-order valence-corrected chi connectivity index (χ2v) is 6.40. The average Bonchev–Trinajstić information content (AvgIpc) is 2.66. The predicted molar refractivity (Wildman–Crippen MR) is 96.7 cm³/mol. The van der Waals surface area contributed by atoms with Gasteiger partial charge in [0, 0.05) is 0 Å². The van der Waals surface area contributed by atoms with Gasteiger partial charge in [-0.15, -0.1) is 0 Å². The van der Waals surface area contributed by atoms with Crippen LogP contribution < -0.4 is 10.1 Å². The van der Waals surface area contributed by atoms with Crippen molar-refractivity contribution in [3.05, 3.63) is 58.9 Å². The molecule has 28 heavy (non-hydrogen) atoms. The molecule has 0 saturated heterocycles. The molecule has 8 heteroatoms. The number of ether oxygens (including phenoxy) is 2. The van der Waals surface area contributed by atoms with Crippen molar-refractivity contribution < 1.29 is 32.2 Å². The van der Waals surface area contributed by atoms with E-state index in [0.717, 1.165) is 17.2 Å². The van der Waals surface area contributed by atoms with Crippen molar-refractivity contribution in [3.8, 4) is 5.75 Å². The van der Waals surface area contributed by atoms with E-state index in [1.165, 1.54) is 0 Å². The Labute approximate surface area is 160 Å². The molecule has 0 bridgehead atoms. The average molecular weight is 395 g/mol. The molecule has 0 fully saturated rings. The molecule has 2 aromatic rings. The minimum Gasteiger partial charge on any atom is -0.482 e. The summed E-state index contributed by atoms with van der Waals surface area (Å²) in [6.45, 7) is 4.73. The monoisotopic (exact) mass is 395 g/mol. The molecule has 0 heterocycles. The number of benzene rings is 2. The van der Waals surface area contributed by atoms with E-state index in [2.05, 4.69) is 0 Å². The number of carbonyl (C=O) groups is 2. The minimum absolute atomic E-state index is 0.287. The Hall–Kier alpha value is -3.03. The second kappa shape index (κ2) is 9.25. The predicted octanol–water partition coefficient (Wildman–Crippen LogP) is 4.10. The van der Waals surface area contributed by atoms with Gasteiger partial charge in [0.1, 0.15) is 5.75 Å². The first-order valence-electron chi connectivity index (χ1n) is 8.51. The third-order valence-electron chi connectivity index (χ3n) is 3.90. The Morgan fingerprint density at radius 3 is 2.43 bits per heavy atom. The van der Waals surface area contributed by atoms with Crippen LogP contribution in [0, 0.1) is 24.4 Å². The van der Waals surface area contributed by atoms with E-state index in [4.69, 9.17) is 9.47 Å². The number of amides is 1. The van der Waals surface area contributed by atoms with Crippen molar-refractivity contribution in [1.82, 2.24) is 0 Å². The zero-order valence-corrected chi connectivity index (χ0v) is 15.6. The van der Waals surface area contributed by atoms with Gasteiger partial charge in [0.25, 0.3) is 5.91 Å². The van der Waals surface area contributed by atoms with Gasteiger partial charge in [-0.25, -0.2) is 18.0 Å². The number of carbonyl (C=O) groups excluding carboxylic acids is 2. The first-order valence-corrected chi connectivity index (χ1v) is 8.51. The summed E-state index contributed by atoms with van der Waals surface area (Å²) >= 11 is 0. The molecule has 0 unspecified atom stereocenters. The van der Waals surface area contributed by atoms with E-state index < -0.39 is 48.2 Å². The standard InChI is InChI=1S/C20H20F3NO4/c1-11(2)13-5-4-12(3)16(8-13)27-10-18(26)28-9-17(25)24-15-7-6-14(21)19(22)20(15)23/h4-8,11H,9-10H2,1-3H3,(H,24,25). The van der Waals surface area contributed by atoms with Crippen LogP contribution in [0.1, 0.15) is 30.9 Å².